The van der Waals surface area contributed by atoms with Gasteiger partial charge < -0.3 is 27.9 Å². The molecule has 2 atom stereocenters. The zero-order valence-electron chi connectivity index (χ0n) is 27.5. The van der Waals surface area contributed by atoms with E-state index in [-0.39, 0.29) is 24.0 Å². The molecule has 9 heteroatoms. The number of carbonyl (C=O) groups is 1. The van der Waals surface area contributed by atoms with Crippen molar-refractivity contribution in [3.63, 3.8) is 0 Å². The van der Waals surface area contributed by atoms with Gasteiger partial charge >= 0.3 is 0 Å². The quantitative estimate of drug-likeness (QED) is 0.0562. The minimum atomic E-state index is -1.76. The highest BCUT2D eigenvalue weighted by atomic mass is 35.5. The summed E-state index contributed by atoms with van der Waals surface area (Å²) in [5.41, 5.74) is 0.318. The summed E-state index contributed by atoms with van der Waals surface area (Å²) in [5.74, 6) is -0.217. The number of unbranched alkanes of at least 4 members (excludes halogenated alkanes) is 8. The molecular formula is C39H48ClN2O5P. The largest absolute Gasteiger partial charge is 1.00 e. The number of aliphatic hydroxyl groups excluding tert-OH is 2. The first kappa shape index (κ1) is 38.8. The van der Waals surface area contributed by atoms with Gasteiger partial charge in [0.1, 0.15) is 29.3 Å². The van der Waals surface area contributed by atoms with Crippen LogP contribution in [0.25, 0.3) is 0 Å². The van der Waals surface area contributed by atoms with Crippen molar-refractivity contribution in [2.75, 3.05) is 12.8 Å². The van der Waals surface area contributed by atoms with Crippen LogP contribution in [-0.2, 0) is 4.79 Å². The molecule has 0 aliphatic rings. The van der Waals surface area contributed by atoms with Gasteiger partial charge in [-0.25, -0.2) is 0 Å². The van der Waals surface area contributed by atoms with Crippen molar-refractivity contribution in [3.8, 4) is 0 Å². The first-order chi connectivity index (χ1) is 23.0. The fourth-order valence-electron chi connectivity index (χ4n) is 6.28. The van der Waals surface area contributed by atoms with Crippen LogP contribution in [0.1, 0.15) is 75.9 Å². The predicted octanol–water partition coefficient (Wildman–Crippen LogP) is 4.00. The van der Waals surface area contributed by atoms with E-state index in [1.54, 1.807) is 0 Å². The first-order valence-corrected chi connectivity index (χ1v) is 18.8. The number of hydrogen-bond donors (Lipinski definition) is 3. The Kier molecular flexibility index (Phi) is 16.7. The molecule has 4 aromatic carbocycles. The van der Waals surface area contributed by atoms with Gasteiger partial charge in [0.05, 0.1) is 23.7 Å². The van der Waals surface area contributed by atoms with Crippen LogP contribution in [0.4, 0.5) is 5.69 Å². The number of benzene rings is 4. The van der Waals surface area contributed by atoms with Crippen LogP contribution < -0.4 is 33.6 Å². The maximum atomic E-state index is 12.4. The molecule has 256 valence electrons. The highest BCUT2D eigenvalue weighted by Gasteiger charge is 2.44. The Morgan fingerprint density at radius 3 is 1.50 bits per heavy atom. The second kappa shape index (κ2) is 20.7. The lowest BCUT2D eigenvalue weighted by molar-refractivity contribution is -0.384. The Hall–Kier alpha value is -3.61. The molecule has 48 heavy (non-hydrogen) atoms. The standard InChI is InChI=1S/C39H47N2O5P.ClH/c42-31-37(39(44)32-26-28-33(29-27-32)41(45)46)40-38(43)25-17-6-4-2-1-3-5-7-18-30-47(34-19-11-8-12-20-34,35-21-13-9-14-22-35)36-23-15-10-16-24-36;/h8-16,19-24,26-29,37,39,42,44H,1-7,17-18,25,30-31H2;1H/t37-,39-;/m1./s1. The molecule has 0 aromatic heterocycles. The van der Waals surface area contributed by atoms with Crippen LogP contribution in [0.5, 0.6) is 0 Å². The number of non-ortho nitro benzene ring substituents is 1. The Morgan fingerprint density at radius 1 is 0.667 bits per heavy atom. The van der Waals surface area contributed by atoms with Crippen LogP contribution in [-0.4, -0.2) is 39.9 Å². The highest BCUT2D eigenvalue weighted by molar-refractivity contribution is 7.95. The molecule has 0 fully saturated rings. The Morgan fingerprint density at radius 2 is 1.08 bits per heavy atom. The molecule has 7 nitrogen and oxygen atoms in total. The maximum Gasteiger partial charge on any atom is 0.269 e. The number of hydrogen-bond acceptors (Lipinski definition) is 5. The Bertz CT molecular complexity index is 1400. The van der Waals surface area contributed by atoms with Crippen LogP contribution in [0.2, 0.25) is 0 Å². The van der Waals surface area contributed by atoms with Crippen LogP contribution in [0.3, 0.4) is 0 Å². The van der Waals surface area contributed by atoms with Gasteiger partial charge in [-0.1, -0.05) is 93.1 Å². The van der Waals surface area contributed by atoms with E-state index in [9.17, 15) is 25.1 Å². The second-order valence-corrected chi connectivity index (χ2v) is 15.7. The molecule has 0 radical (unpaired) electrons. The van der Waals surface area contributed by atoms with Crippen LogP contribution in [0.15, 0.2) is 115 Å². The van der Waals surface area contributed by atoms with E-state index in [0.29, 0.717) is 12.0 Å². The average molecular weight is 691 g/mol. The van der Waals surface area contributed by atoms with Gasteiger partial charge in [0.15, 0.2) is 0 Å². The molecular weight excluding hydrogens is 643 g/mol. The molecule has 3 N–H and O–H groups in total. The molecule has 0 bridgehead atoms. The second-order valence-electron chi connectivity index (χ2n) is 12.1. The number of amides is 1. The zero-order chi connectivity index (χ0) is 33.3. The Labute approximate surface area is 291 Å². The molecule has 0 heterocycles. The van der Waals surface area contributed by atoms with Gasteiger partial charge in [0.25, 0.3) is 5.69 Å². The zero-order valence-corrected chi connectivity index (χ0v) is 29.2. The average Bonchev–Trinajstić information content (AvgIpc) is 3.12. The molecule has 4 rings (SSSR count). The van der Waals surface area contributed by atoms with E-state index < -0.39 is 30.9 Å². The number of nitrogens with one attached hydrogen (secondary N) is 1. The molecule has 0 saturated heterocycles. The van der Waals surface area contributed by atoms with Gasteiger partial charge in [0, 0.05) is 18.6 Å². The summed E-state index contributed by atoms with van der Waals surface area (Å²) in [6.45, 7) is -0.433. The van der Waals surface area contributed by atoms with Crippen LogP contribution in [0, 0.1) is 10.1 Å². The summed E-state index contributed by atoms with van der Waals surface area (Å²) in [6.07, 6.45) is 10.3. The minimum absolute atomic E-state index is 0. The summed E-state index contributed by atoms with van der Waals surface area (Å²) in [6, 6.07) is 37.8. The number of nitro benzene ring substituents is 1. The minimum Gasteiger partial charge on any atom is -1.00 e. The molecule has 0 aliphatic carbocycles. The van der Waals surface area contributed by atoms with Crippen molar-refractivity contribution >= 4 is 34.8 Å². The van der Waals surface area contributed by atoms with Crippen molar-refractivity contribution in [1.29, 1.82) is 0 Å². The lowest BCUT2D eigenvalue weighted by Gasteiger charge is -2.27. The molecule has 4 aromatic rings. The van der Waals surface area contributed by atoms with Crippen molar-refractivity contribution in [2.45, 2.75) is 76.4 Å². The van der Waals surface area contributed by atoms with E-state index in [1.807, 2.05) is 0 Å². The third-order valence-corrected chi connectivity index (χ3v) is 13.4. The van der Waals surface area contributed by atoms with E-state index in [2.05, 4.69) is 96.3 Å². The summed E-state index contributed by atoms with van der Waals surface area (Å²) >= 11 is 0. The number of rotatable bonds is 20. The van der Waals surface area contributed by atoms with Gasteiger partial charge in [-0.15, -0.1) is 0 Å². The molecule has 0 unspecified atom stereocenters. The lowest BCUT2D eigenvalue weighted by atomic mass is 10.0. The summed E-state index contributed by atoms with van der Waals surface area (Å²) in [5, 5.41) is 38.2. The fourth-order valence-corrected chi connectivity index (χ4v) is 10.7. The van der Waals surface area contributed by atoms with Gasteiger partial charge in [0.2, 0.25) is 5.91 Å². The number of carbonyl (C=O) groups excluding carboxylic acids is 1. The van der Waals surface area contributed by atoms with E-state index >= 15 is 0 Å². The lowest BCUT2D eigenvalue weighted by Crippen LogP contribution is -3.00. The number of nitrogens with zero attached hydrogens (tertiary/aromatic N) is 1. The molecule has 0 spiro atoms. The smallest absolute Gasteiger partial charge is 0.269 e. The summed E-state index contributed by atoms with van der Waals surface area (Å²) in [7, 11) is -1.76. The monoisotopic (exact) mass is 690 g/mol. The topological polar surface area (TPSA) is 113 Å². The van der Waals surface area contributed by atoms with Crippen LogP contribution >= 0.6 is 7.26 Å². The number of halogens is 1. The van der Waals surface area contributed by atoms with Crippen molar-refractivity contribution in [3.05, 3.63) is 131 Å². The molecule has 0 saturated carbocycles. The Balaban J connectivity index is 0.00000625. The van der Waals surface area contributed by atoms with E-state index in [1.165, 1.54) is 72.3 Å². The van der Waals surface area contributed by atoms with Gasteiger partial charge in [-0.05, 0) is 73.4 Å². The summed E-state index contributed by atoms with van der Waals surface area (Å²) < 4.78 is 0. The molecule has 1 amide bonds. The first-order valence-electron chi connectivity index (χ1n) is 16.8. The normalized spacial score (nSPS) is 12.5. The highest BCUT2D eigenvalue weighted by Crippen LogP contribution is 2.56. The van der Waals surface area contributed by atoms with Gasteiger partial charge in [-0.3, -0.25) is 14.9 Å². The third kappa shape index (κ3) is 11.0. The SMILES string of the molecule is O=C(CCCCCCCCCCC[P+](c1ccccc1)(c1ccccc1)c1ccccc1)N[C@H](CO)[C@H](O)c1ccc([N+](=O)[O-])cc1.[Cl-]. The number of nitro groups is 1. The fraction of sp³-hybridized carbons (Fsp3) is 0.359. The van der Waals surface area contributed by atoms with E-state index in [0.717, 1.165) is 31.8 Å². The van der Waals surface area contributed by atoms with Gasteiger partial charge in [-0.2, -0.15) is 0 Å². The molecule has 0 aliphatic heterocycles. The van der Waals surface area contributed by atoms with Crippen molar-refractivity contribution < 1.29 is 32.3 Å². The maximum absolute atomic E-state index is 12.4. The van der Waals surface area contributed by atoms with Crippen molar-refractivity contribution in [1.82, 2.24) is 5.32 Å². The number of aliphatic hydroxyl groups is 2. The van der Waals surface area contributed by atoms with Crippen molar-refractivity contribution in [2.24, 2.45) is 0 Å². The summed E-state index contributed by atoms with van der Waals surface area (Å²) in [4.78, 5) is 22.8. The third-order valence-electron chi connectivity index (χ3n) is 8.86. The predicted molar refractivity (Wildman–Crippen MR) is 193 cm³/mol. The van der Waals surface area contributed by atoms with E-state index in [4.69, 9.17) is 0 Å².